The van der Waals surface area contributed by atoms with Gasteiger partial charge >= 0.3 is 0 Å². The van der Waals surface area contributed by atoms with Crippen LogP contribution in [0.2, 0.25) is 0 Å². The van der Waals surface area contributed by atoms with Crippen LogP contribution in [0.25, 0.3) is 16.8 Å². The highest BCUT2D eigenvalue weighted by atomic mass is 32.1. The number of methoxy groups -OCH3 is 1. The van der Waals surface area contributed by atoms with Crippen LogP contribution in [0.3, 0.4) is 0 Å². The average Bonchev–Trinajstić information content (AvgIpc) is 2.66. The first-order chi connectivity index (χ1) is 12.6. The lowest BCUT2D eigenvalue weighted by molar-refractivity contribution is -0.115. The molecule has 0 heterocycles. The molecule has 1 amide bonds. The van der Waals surface area contributed by atoms with E-state index in [1.807, 2.05) is 66.7 Å². The maximum Gasteiger partial charge on any atom is 0.250 e. The molecule has 3 rings (SSSR count). The lowest BCUT2D eigenvalue weighted by Crippen LogP contribution is -2.32. The van der Waals surface area contributed by atoms with E-state index >= 15 is 0 Å². The molecule has 0 unspecified atom stereocenters. The van der Waals surface area contributed by atoms with Crippen LogP contribution >= 0.6 is 12.2 Å². The largest absolute Gasteiger partial charge is 0.497 e. The van der Waals surface area contributed by atoms with Gasteiger partial charge in [-0.15, -0.1) is 0 Å². The molecule has 2 N–H and O–H groups in total. The minimum atomic E-state index is -0.292. The topological polar surface area (TPSA) is 50.4 Å². The van der Waals surface area contributed by atoms with Crippen LogP contribution in [-0.2, 0) is 4.79 Å². The first-order valence-electron chi connectivity index (χ1n) is 8.07. The van der Waals surface area contributed by atoms with Crippen LogP contribution in [0.4, 0.5) is 5.69 Å². The van der Waals surface area contributed by atoms with E-state index in [0.717, 1.165) is 27.8 Å². The number of rotatable bonds is 4. The van der Waals surface area contributed by atoms with E-state index in [1.54, 1.807) is 13.2 Å². The number of thiocarbonyl (C=S) groups is 1. The van der Waals surface area contributed by atoms with Gasteiger partial charge < -0.3 is 10.1 Å². The SMILES string of the molecule is COc1ccc(/C=C/C(=O)NC(=S)Nc2ccc3ccccc3c2)cc1. The summed E-state index contributed by atoms with van der Waals surface area (Å²) in [5.74, 6) is 0.478. The molecule has 0 atom stereocenters. The number of anilines is 1. The Balaban J connectivity index is 1.57. The molecule has 0 spiro atoms. The Hall–Kier alpha value is -3.18. The Morgan fingerprint density at radius 1 is 1.00 bits per heavy atom. The van der Waals surface area contributed by atoms with Gasteiger partial charge in [0.05, 0.1) is 7.11 Å². The maximum absolute atomic E-state index is 12.0. The van der Waals surface area contributed by atoms with Crippen LogP contribution in [0.1, 0.15) is 5.56 Å². The number of carbonyl (C=O) groups is 1. The Morgan fingerprint density at radius 2 is 1.73 bits per heavy atom. The summed E-state index contributed by atoms with van der Waals surface area (Å²) in [6.45, 7) is 0. The molecule has 3 aromatic rings. The normalized spacial score (nSPS) is 10.7. The number of hydrogen-bond acceptors (Lipinski definition) is 3. The van der Waals surface area contributed by atoms with Crippen molar-refractivity contribution < 1.29 is 9.53 Å². The maximum atomic E-state index is 12.0. The summed E-state index contributed by atoms with van der Waals surface area (Å²) in [5, 5.41) is 8.17. The molecule has 0 fully saturated rings. The van der Waals surface area contributed by atoms with Crippen molar-refractivity contribution >= 4 is 45.8 Å². The monoisotopic (exact) mass is 362 g/mol. The van der Waals surface area contributed by atoms with E-state index < -0.39 is 0 Å². The Morgan fingerprint density at radius 3 is 2.46 bits per heavy atom. The molecule has 130 valence electrons. The Bertz CT molecular complexity index is 965. The third-order valence-corrected chi connectivity index (χ3v) is 3.99. The van der Waals surface area contributed by atoms with Crippen molar-refractivity contribution in [1.82, 2.24) is 5.32 Å². The van der Waals surface area contributed by atoms with Gasteiger partial charge in [-0.05, 0) is 58.9 Å². The minimum absolute atomic E-state index is 0.254. The number of hydrogen-bond donors (Lipinski definition) is 2. The second kappa shape index (κ2) is 8.27. The van der Waals surface area contributed by atoms with Gasteiger partial charge in [-0.2, -0.15) is 0 Å². The van der Waals surface area contributed by atoms with Gasteiger partial charge in [-0.1, -0.05) is 42.5 Å². The fourth-order valence-electron chi connectivity index (χ4n) is 2.47. The van der Waals surface area contributed by atoms with Crippen LogP contribution in [0, 0.1) is 0 Å². The summed E-state index contributed by atoms with van der Waals surface area (Å²) in [6.07, 6.45) is 3.16. The average molecular weight is 362 g/mol. The zero-order valence-corrected chi connectivity index (χ0v) is 15.0. The number of nitrogens with one attached hydrogen (secondary N) is 2. The van der Waals surface area contributed by atoms with E-state index in [4.69, 9.17) is 17.0 Å². The van der Waals surface area contributed by atoms with Crippen molar-refractivity contribution in [3.8, 4) is 5.75 Å². The van der Waals surface area contributed by atoms with Crippen molar-refractivity contribution in [3.05, 3.63) is 78.4 Å². The molecule has 0 bridgehead atoms. The first-order valence-corrected chi connectivity index (χ1v) is 8.48. The number of benzene rings is 3. The molecule has 0 aliphatic carbocycles. The molecular formula is C21H18N2O2S. The van der Waals surface area contributed by atoms with Gasteiger partial charge in [0.2, 0.25) is 5.91 Å². The van der Waals surface area contributed by atoms with E-state index in [0.29, 0.717) is 0 Å². The number of fused-ring (bicyclic) bond motifs is 1. The second-order valence-electron chi connectivity index (χ2n) is 5.61. The van der Waals surface area contributed by atoms with Crippen molar-refractivity contribution in [2.24, 2.45) is 0 Å². The zero-order valence-electron chi connectivity index (χ0n) is 14.2. The van der Waals surface area contributed by atoms with Crippen molar-refractivity contribution in [1.29, 1.82) is 0 Å². The van der Waals surface area contributed by atoms with Crippen LogP contribution in [-0.4, -0.2) is 18.1 Å². The second-order valence-corrected chi connectivity index (χ2v) is 6.02. The predicted molar refractivity (Wildman–Crippen MR) is 110 cm³/mol. The van der Waals surface area contributed by atoms with Crippen molar-refractivity contribution in [2.75, 3.05) is 12.4 Å². The highest BCUT2D eigenvalue weighted by Crippen LogP contribution is 2.18. The van der Waals surface area contributed by atoms with E-state index in [2.05, 4.69) is 10.6 Å². The smallest absolute Gasteiger partial charge is 0.250 e. The molecule has 0 saturated heterocycles. The van der Waals surface area contributed by atoms with Crippen molar-refractivity contribution in [2.45, 2.75) is 0 Å². The Kier molecular flexibility index (Phi) is 5.61. The quantitative estimate of drug-likeness (QED) is 0.534. The zero-order chi connectivity index (χ0) is 18.4. The summed E-state index contributed by atoms with van der Waals surface area (Å²) in [6, 6.07) is 21.4. The first kappa shape index (κ1) is 17.6. The lowest BCUT2D eigenvalue weighted by Gasteiger charge is -2.09. The predicted octanol–water partition coefficient (Wildman–Crippen LogP) is 4.37. The van der Waals surface area contributed by atoms with Gasteiger partial charge in [-0.3, -0.25) is 10.1 Å². The Labute approximate surface area is 157 Å². The fraction of sp³-hybridized carbons (Fsp3) is 0.0476. The number of ether oxygens (including phenoxy) is 1. The molecule has 0 radical (unpaired) electrons. The van der Waals surface area contributed by atoms with E-state index in [9.17, 15) is 4.79 Å². The summed E-state index contributed by atoms with van der Waals surface area (Å²) < 4.78 is 5.10. The number of carbonyl (C=O) groups excluding carboxylic acids is 1. The molecule has 0 aliphatic rings. The third kappa shape index (κ3) is 4.68. The van der Waals surface area contributed by atoms with Crippen LogP contribution < -0.4 is 15.4 Å². The van der Waals surface area contributed by atoms with Crippen LogP contribution in [0.5, 0.6) is 5.75 Å². The summed E-state index contributed by atoms with van der Waals surface area (Å²) in [4.78, 5) is 12.0. The highest BCUT2D eigenvalue weighted by molar-refractivity contribution is 7.80. The van der Waals surface area contributed by atoms with Gasteiger partial charge in [0.25, 0.3) is 0 Å². The van der Waals surface area contributed by atoms with Gasteiger partial charge in [0.15, 0.2) is 5.11 Å². The van der Waals surface area contributed by atoms with E-state index in [-0.39, 0.29) is 11.0 Å². The summed E-state index contributed by atoms with van der Waals surface area (Å²) >= 11 is 5.21. The van der Waals surface area contributed by atoms with Gasteiger partial charge in [0.1, 0.15) is 5.75 Å². The molecule has 26 heavy (non-hydrogen) atoms. The molecule has 3 aromatic carbocycles. The highest BCUT2D eigenvalue weighted by Gasteiger charge is 2.02. The summed E-state index contributed by atoms with van der Waals surface area (Å²) in [5.41, 5.74) is 1.72. The van der Waals surface area contributed by atoms with E-state index in [1.165, 1.54) is 6.08 Å². The molecule has 0 aromatic heterocycles. The number of amides is 1. The fourth-order valence-corrected chi connectivity index (χ4v) is 2.69. The molecule has 0 aliphatic heterocycles. The molecule has 5 heteroatoms. The summed E-state index contributed by atoms with van der Waals surface area (Å²) in [7, 11) is 1.61. The lowest BCUT2D eigenvalue weighted by atomic mass is 10.1. The van der Waals surface area contributed by atoms with Crippen molar-refractivity contribution in [3.63, 3.8) is 0 Å². The molecule has 0 saturated carbocycles. The molecular weight excluding hydrogens is 344 g/mol. The standard InChI is InChI=1S/C21H18N2O2S/c1-25-19-11-6-15(7-12-19)8-13-20(24)23-21(26)22-18-10-9-16-4-2-3-5-17(16)14-18/h2-14H,1H3,(H2,22,23,24,26)/b13-8+. The van der Waals surface area contributed by atoms with Gasteiger partial charge in [-0.25, -0.2) is 0 Å². The van der Waals surface area contributed by atoms with Gasteiger partial charge in [0, 0.05) is 11.8 Å². The van der Waals surface area contributed by atoms with Crippen LogP contribution in [0.15, 0.2) is 72.8 Å². The minimum Gasteiger partial charge on any atom is -0.497 e. The third-order valence-electron chi connectivity index (χ3n) is 3.79. The molecule has 4 nitrogen and oxygen atoms in total.